The molecule has 0 atom stereocenters. The summed E-state index contributed by atoms with van der Waals surface area (Å²) >= 11 is 5.98. The molecule has 18 heavy (non-hydrogen) atoms. The number of aromatic amines is 1. The van der Waals surface area contributed by atoms with Crippen molar-refractivity contribution in [3.05, 3.63) is 45.8 Å². The van der Waals surface area contributed by atoms with Crippen molar-refractivity contribution in [3.63, 3.8) is 0 Å². The molecule has 0 amide bonds. The van der Waals surface area contributed by atoms with E-state index < -0.39 is 0 Å². The van der Waals surface area contributed by atoms with Crippen molar-refractivity contribution in [1.29, 1.82) is 0 Å². The number of nitrogens with one attached hydrogen (secondary N) is 1. The van der Waals surface area contributed by atoms with Crippen LogP contribution in [0.3, 0.4) is 0 Å². The smallest absolute Gasteiger partial charge is 0.309 e. The van der Waals surface area contributed by atoms with Gasteiger partial charge in [-0.15, -0.1) is 0 Å². The lowest BCUT2D eigenvalue weighted by Crippen LogP contribution is -2.32. The molecule has 0 radical (unpaired) electrons. The summed E-state index contributed by atoms with van der Waals surface area (Å²) < 4.78 is 7.03. The van der Waals surface area contributed by atoms with Crippen LogP contribution in [0.5, 0.6) is 11.5 Å². The van der Waals surface area contributed by atoms with Gasteiger partial charge in [0.25, 0.3) is 0 Å². The molecule has 1 aromatic carbocycles. The number of benzene rings is 1. The highest BCUT2D eigenvalue weighted by Crippen LogP contribution is 2.27. The van der Waals surface area contributed by atoms with Crippen LogP contribution in [0, 0.1) is 0 Å². The number of halogens is 1. The van der Waals surface area contributed by atoms with Crippen molar-refractivity contribution in [1.82, 2.24) is 9.78 Å². The molecule has 0 bridgehead atoms. The second-order valence-electron chi connectivity index (χ2n) is 4.98. The number of aromatic nitrogens is 2. The van der Waals surface area contributed by atoms with Crippen molar-refractivity contribution in [2.45, 2.75) is 26.3 Å². The second kappa shape index (κ2) is 4.53. The average molecular weight is 267 g/mol. The maximum atomic E-state index is 12.1. The van der Waals surface area contributed by atoms with E-state index in [4.69, 9.17) is 16.3 Å². The Balaban J connectivity index is 2.35. The van der Waals surface area contributed by atoms with Crippen molar-refractivity contribution in [2.24, 2.45) is 0 Å². The van der Waals surface area contributed by atoms with Crippen LogP contribution in [0.25, 0.3) is 0 Å². The van der Waals surface area contributed by atoms with Gasteiger partial charge >= 0.3 is 5.56 Å². The molecule has 5 heteroatoms. The van der Waals surface area contributed by atoms with Gasteiger partial charge in [-0.1, -0.05) is 23.7 Å². The first-order valence-corrected chi connectivity index (χ1v) is 6.00. The molecule has 1 aromatic heterocycles. The van der Waals surface area contributed by atoms with Crippen molar-refractivity contribution in [3.8, 4) is 11.5 Å². The summed E-state index contributed by atoms with van der Waals surface area (Å²) in [6.45, 7) is 5.80. The summed E-state index contributed by atoms with van der Waals surface area (Å²) in [7, 11) is 0. The van der Waals surface area contributed by atoms with E-state index in [1.165, 1.54) is 10.9 Å². The van der Waals surface area contributed by atoms with E-state index in [0.29, 0.717) is 10.8 Å². The third kappa shape index (κ3) is 2.43. The number of hydrogen-bond donors (Lipinski definition) is 1. The lowest BCUT2D eigenvalue weighted by atomic mass is 10.1. The molecule has 2 rings (SSSR count). The zero-order valence-corrected chi connectivity index (χ0v) is 11.3. The maximum Gasteiger partial charge on any atom is 0.309 e. The molecule has 0 spiro atoms. The molecule has 0 aliphatic heterocycles. The van der Waals surface area contributed by atoms with Crippen LogP contribution in [0.4, 0.5) is 0 Å². The topological polar surface area (TPSA) is 47.0 Å². The average Bonchev–Trinajstić information content (AvgIpc) is 2.63. The Bertz CT molecular complexity index is 608. The second-order valence-corrected chi connectivity index (χ2v) is 5.39. The first kappa shape index (κ1) is 12.8. The van der Waals surface area contributed by atoms with Crippen molar-refractivity contribution < 1.29 is 4.74 Å². The van der Waals surface area contributed by atoms with Gasteiger partial charge in [-0.3, -0.25) is 9.89 Å². The summed E-state index contributed by atoms with van der Waals surface area (Å²) in [5.41, 5.74) is -0.526. The summed E-state index contributed by atoms with van der Waals surface area (Å²) in [6, 6.07) is 7.04. The van der Waals surface area contributed by atoms with Gasteiger partial charge in [-0.2, -0.15) is 0 Å². The van der Waals surface area contributed by atoms with E-state index in [2.05, 4.69) is 5.10 Å². The molecular formula is C13H15ClN2O2. The minimum atomic E-state index is -0.320. The van der Waals surface area contributed by atoms with E-state index in [1.807, 2.05) is 20.8 Å². The molecule has 1 heterocycles. The molecule has 0 unspecified atom stereocenters. The van der Waals surface area contributed by atoms with Gasteiger partial charge in [0.1, 0.15) is 5.75 Å². The highest BCUT2D eigenvalue weighted by Gasteiger charge is 2.19. The van der Waals surface area contributed by atoms with Crippen LogP contribution in [-0.2, 0) is 5.54 Å². The lowest BCUT2D eigenvalue weighted by Gasteiger charge is -2.18. The van der Waals surface area contributed by atoms with Gasteiger partial charge in [-0.25, -0.2) is 4.68 Å². The SMILES string of the molecule is CC(C)(C)n1[nH]cc(Oc2ccccc2Cl)c1=O. The van der Waals surface area contributed by atoms with Crippen LogP contribution >= 0.6 is 11.6 Å². The van der Waals surface area contributed by atoms with E-state index in [1.54, 1.807) is 24.3 Å². The molecule has 1 N–H and O–H groups in total. The van der Waals surface area contributed by atoms with Crippen molar-refractivity contribution in [2.75, 3.05) is 0 Å². The molecule has 96 valence electrons. The molecular weight excluding hydrogens is 252 g/mol. The molecule has 0 aliphatic carbocycles. The van der Waals surface area contributed by atoms with Gasteiger partial charge in [0, 0.05) is 0 Å². The number of hydrogen-bond acceptors (Lipinski definition) is 2. The fourth-order valence-electron chi connectivity index (χ4n) is 1.57. The van der Waals surface area contributed by atoms with Gasteiger partial charge in [0.05, 0.1) is 16.8 Å². The Morgan fingerprint density at radius 1 is 1.22 bits per heavy atom. The van der Waals surface area contributed by atoms with Crippen LogP contribution in [0.2, 0.25) is 5.02 Å². The number of nitrogens with zero attached hydrogens (tertiary/aromatic N) is 1. The van der Waals surface area contributed by atoms with E-state index >= 15 is 0 Å². The zero-order valence-electron chi connectivity index (χ0n) is 10.5. The Labute approximate surface area is 110 Å². The van der Waals surface area contributed by atoms with Gasteiger partial charge in [0.2, 0.25) is 5.75 Å². The standard InChI is InChI=1S/C13H15ClN2O2/c1-13(2,3)16-12(17)11(8-15-16)18-10-7-5-4-6-9(10)14/h4-8,15H,1-3H3. The number of para-hydroxylation sites is 1. The van der Waals surface area contributed by atoms with Gasteiger partial charge in [0.15, 0.2) is 0 Å². The Morgan fingerprint density at radius 3 is 2.44 bits per heavy atom. The molecule has 0 saturated carbocycles. The van der Waals surface area contributed by atoms with Crippen LogP contribution in [0.1, 0.15) is 20.8 Å². The largest absolute Gasteiger partial charge is 0.448 e. The van der Waals surface area contributed by atoms with E-state index in [0.717, 1.165) is 0 Å². The number of rotatable bonds is 2. The van der Waals surface area contributed by atoms with Crippen molar-refractivity contribution >= 4 is 11.6 Å². The Morgan fingerprint density at radius 2 is 1.89 bits per heavy atom. The summed E-state index contributed by atoms with van der Waals surface area (Å²) in [5, 5.41) is 3.36. The highest BCUT2D eigenvalue weighted by atomic mass is 35.5. The minimum absolute atomic E-state index is 0.206. The molecule has 2 aromatic rings. The third-order valence-corrected chi connectivity index (χ3v) is 2.78. The fraction of sp³-hybridized carbons (Fsp3) is 0.308. The first-order chi connectivity index (χ1) is 8.39. The minimum Gasteiger partial charge on any atom is -0.448 e. The van der Waals surface area contributed by atoms with Gasteiger partial charge in [-0.05, 0) is 32.9 Å². The quantitative estimate of drug-likeness (QED) is 0.906. The number of ether oxygens (including phenoxy) is 1. The zero-order chi connectivity index (χ0) is 13.3. The Kier molecular flexibility index (Phi) is 3.22. The number of H-pyrrole nitrogens is 1. The van der Waals surface area contributed by atoms with Crippen LogP contribution < -0.4 is 10.3 Å². The van der Waals surface area contributed by atoms with E-state index in [9.17, 15) is 4.79 Å². The van der Waals surface area contributed by atoms with E-state index in [-0.39, 0.29) is 16.8 Å². The third-order valence-electron chi connectivity index (χ3n) is 2.47. The molecule has 0 fully saturated rings. The predicted molar refractivity (Wildman–Crippen MR) is 71.6 cm³/mol. The molecule has 0 aliphatic rings. The summed E-state index contributed by atoms with van der Waals surface area (Å²) in [4.78, 5) is 12.1. The summed E-state index contributed by atoms with van der Waals surface area (Å²) in [6.07, 6.45) is 1.54. The molecule has 0 saturated heterocycles. The molecule has 4 nitrogen and oxygen atoms in total. The van der Waals surface area contributed by atoms with Crippen LogP contribution in [-0.4, -0.2) is 9.78 Å². The highest BCUT2D eigenvalue weighted by molar-refractivity contribution is 6.32. The fourth-order valence-corrected chi connectivity index (χ4v) is 1.75. The lowest BCUT2D eigenvalue weighted by molar-refractivity contribution is 0.342. The predicted octanol–water partition coefficient (Wildman–Crippen LogP) is 3.38. The summed E-state index contributed by atoms with van der Waals surface area (Å²) in [5.74, 6) is 0.703. The maximum absolute atomic E-state index is 12.1. The van der Waals surface area contributed by atoms with Gasteiger partial charge < -0.3 is 4.74 Å². The van der Waals surface area contributed by atoms with Crippen LogP contribution in [0.15, 0.2) is 35.3 Å². The monoisotopic (exact) mass is 266 g/mol. The Hall–Kier alpha value is -1.68. The normalized spacial score (nSPS) is 11.6. The first-order valence-electron chi connectivity index (χ1n) is 5.63.